The number of carbonyl (C=O) groups excluding carboxylic acids is 2. The highest BCUT2D eigenvalue weighted by molar-refractivity contribution is 7.92. The molecule has 0 fully saturated rings. The van der Waals surface area contributed by atoms with Gasteiger partial charge in [0.1, 0.15) is 18.3 Å². The summed E-state index contributed by atoms with van der Waals surface area (Å²) >= 11 is 0. The molecule has 1 unspecified atom stereocenters. The van der Waals surface area contributed by atoms with E-state index in [1.54, 1.807) is 24.3 Å². The largest absolute Gasteiger partial charge is 0.494 e. The van der Waals surface area contributed by atoms with Gasteiger partial charge < -0.3 is 15.0 Å². The fourth-order valence-corrected chi connectivity index (χ4v) is 4.43. The number of rotatable bonds is 11. The van der Waals surface area contributed by atoms with Crippen LogP contribution in [-0.4, -0.2) is 57.6 Å². The number of ether oxygens (including phenoxy) is 1. The minimum Gasteiger partial charge on any atom is -0.494 e. The SMILES string of the molecule is CCOc1ccc(N(CC(=O)N(Cc2cccc(C)c2)C(CC)C(=O)NC)S(C)(=O)=O)cc1. The maximum Gasteiger partial charge on any atom is 0.244 e. The zero-order valence-electron chi connectivity index (χ0n) is 19.9. The summed E-state index contributed by atoms with van der Waals surface area (Å²) in [6, 6.07) is 13.4. The number of nitrogens with one attached hydrogen (secondary N) is 1. The molecule has 2 aromatic rings. The molecule has 0 spiro atoms. The van der Waals surface area contributed by atoms with E-state index >= 15 is 0 Å². The third-order valence-corrected chi connectivity index (χ3v) is 6.32. The molecule has 2 rings (SSSR count). The molecule has 0 saturated carbocycles. The first-order valence-corrected chi connectivity index (χ1v) is 12.7. The Morgan fingerprint density at radius 2 is 1.76 bits per heavy atom. The molecule has 0 heterocycles. The zero-order chi connectivity index (χ0) is 24.6. The van der Waals surface area contributed by atoms with Crippen molar-refractivity contribution in [3.63, 3.8) is 0 Å². The number of carbonyl (C=O) groups is 2. The fourth-order valence-electron chi connectivity index (χ4n) is 3.58. The summed E-state index contributed by atoms with van der Waals surface area (Å²) in [5, 5.41) is 2.60. The number of anilines is 1. The first-order chi connectivity index (χ1) is 15.6. The molecule has 33 heavy (non-hydrogen) atoms. The van der Waals surface area contributed by atoms with Crippen molar-refractivity contribution in [2.45, 2.75) is 39.8 Å². The molecule has 0 radical (unpaired) electrons. The van der Waals surface area contributed by atoms with Crippen LogP contribution in [0.25, 0.3) is 0 Å². The molecule has 180 valence electrons. The number of hydrogen-bond acceptors (Lipinski definition) is 5. The first kappa shape index (κ1) is 26.2. The van der Waals surface area contributed by atoms with Gasteiger partial charge in [-0.1, -0.05) is 36.8 Å². The van der Waals surface area contributed by atoms with Crippen molar-refractivity contribution in [2.75, 3.05) is 30.8 Å². The predicted molar refractivity (Wildman–Crippen MR) is 130 cm³/mol. The molecular weight excluding hydrogens is 442 g/mol. The van der Waals surface area contributed by atoms with Gasteiger partial charge in [-0.25, -0.2) is 8.42 Å². The van der Waals surface area contributed by atoms with Crippen molar-refractivity contribution in [3.8, 4) is 5.75 Å². The van der Waals surface area contributed by atoms with Gasteiger partial charge in [-0.3, -0.25) is 13.9 Å². The van der Waals surface area contributed by atoms with Crippen LogP contribution in [0.3, 0.4) is 0 Å². The number of nitrogens with zero attached hydrogens (tertiary/aromatic N) is 2. The molecule has 0 aliphatic heterocycles. The van der Waals surface area contributed by atoms with Crippen LogP contribution in [0.2, 0.25) is 0 Å². The lowest BCUT2D eigenvalue weighted by Crippen LogP contribution is -2.51. The maximum atomic E-state index is 13.5. The van der Waals surface area contributed by atoms with Crippen LogP contribution in [0, 0.1) is 6.92 Å². The fraction of sp³-hybridized carbons (Fsp3) is 0.417. The van der Waals surface area contributed by atoms with E-state index < -0.39 is 28.5 Å². The molecule has 8 nitrogen and oxygen atoms in total. The summed E-state index contributed by atoms with van der Waals surface area (Å²) in [7, 11) is -2.25. The van der Waals surface area contributed by atoms with E-state index in [0.29, 0.717) is 24.5 Å². The maximum absolute atomic E-state index is 13.5. The number of benzene rings is 2. The number of aryl methyl sites for hydroxylation is 1. The molecule has 1 N–H and O–H groups in total. The summed E-state index contributed by atoms with van der Waals surface area (Å²) in [6.45, 7) is 5.87. The van der Waals surface area contributed by atoms with Crippen LogP contribution in [0.4, 0.5) is 5.69 Å². The third kappa shape index (κ3) is 7.21. The molecule has 0 aromatic heterocycles. The normalized spacial score (nSPS) is 12.0. The average molecular weight is 476 g/mol. The van der Waals surface area contributed by atoms with E-state index in [4.69, 9.17) is 4.74 Å². The van der Waals surface area contributed by atoms with Crippen molar-refractivity contribution < 1.29 is 22.7 Å². The Balaban J connectivity index is 2.39. The molecule has 1 atom stereocenters. The predicted octanol–water partition coefficient (Wildman–Crippen LogP) is 2.71. The van der Waals surface area contributed by atoms with E-state index in [1.165, 1.54) is 11.9 Å². The van der Waals surface area contributed by atoms with Crippen LogP contribution in [-0.2, 0) is 26.2 Å². The Bertz CT molecular complexity index is 1050. The van der Waals surface area contributed by atoms with Gasteiger partial charge in [-0.2, -0.15) is 0 Å². The highest BCUT2D eigenvalue weighted by Crippen LogP contribution is 2.23. The molecule has 9 heteroatoms. The number of hydrogen-bond donors (Lipinski definition) is 1. The lowest BCUT2D eigenvalue weighted by atomic mass is 10.1. The Morgan fingerprint density at radius 3 is 2.27 bits per heavy atom. The summed E-state index contributed by atoms with van der Waals surface area (Å²) in [5.41, 5.74) is 2.23. The topological polar surface area (TPSA) is 96.0 Å². The molecule has 2 aromatic carbocycles. The number of likely N-dealkylation sites (N-methyl/N-ethyl adjacent to an activating group) is 1. The molecule has 0 bridgehead atoms. The van der Waals surface area contributed by atoms with Crippen LogP contribution in [0.15, 0.2) is 48.5 Å². The summed E-state index contributed by atoms with van der Waals surface area (Å²) < 4.78 is 31.6. The van der Waals surface area contributed by atoms with Crippen molar-refractivity contribution in [1.29, 1.82) is 0 Å². The van der Waals surface area contributed by atoms with Gasteiger partial charge in [-0.15, -0.1) is 0 Å². The second-order valence-electron chi connectivity index (χ2n) is 7.75. The standard InChI is InChI=1S/C24H33N3O5S/c1-6-22(24(29)25-4)26(16-19-10-8-9-18(3)15-19)23(28)17-27(33(5,30)31)20-11-13-21(14-12-20)32-7-2/h8-15,22H,6-7,16-17H2,1-5H3,(H,25,29). The second-order valence-corrected chi connectivity index (χ2v) is 9.65. The van der Waals surface area contributed by atoms with Gasteiger partial charge in [0.25, 0.3) is 0 Å². The highest BCUT2D eigenvalue weighted by atomic mass is 32.2. The average Bonchev–Trinajstić information content (AvgIpc) is 2.77. The molecule has 0 saturated heterocycles. The Labute approximate surface area is 196 Å². The number of sulfonamides is 1. The summed E-state index contributed by atoms with van der Waals surface area (Å²) in [4.78, 5) is 27.5. The van der Waals surface area contributed by atoms with Gasteiger partial charge in [0.05, 0.1) is 18.6 Å². The number of amides is 2. The zero-order valence-corrected chi connectivity index (χ0v) is 20.7. The van der Waals surface area contributed by atoms with Crippen molar-refractivity contribution in [2.24, 2.45) is 0 Å². The van der Waals surface area contributed by atoms with E-state index in [9.17, 15) is 18.0 Å². The summed E-state index contributed by atoms with van der Waals surface area (Å²) in [5.74, 6) is -0.162. The van der Waals surface area contributed by atoms with Gasteiger partial charge >= 0.3 is 0 Å². The van der Waals surface area contributed by atoms with Gasteiger partial charge in [0, 0.05) is 13.6 Å². The van der Waals surface area contributed by atoms with Gasteiger partial charge in [-0.05, 0) is 50.1 Å². The first-order valence-electron chi connectivity index (χ1n) is 10.9. The van der Waals surface area contributed by atoms with Crippen molar-refractivity contribution in [3.05, 3.63) is 59.7 Å². The van der Waals surface area contributed by atoms with Crippen LogP contribution >= 0.6 is 0 Å². The Hall–Kier alpha value is -3.07. The molecule has 0 aliphatic rings. The Morgan fingerprint density at radius 1 is 1.09 bits per heavy atom. The van der Waals surface area contributed by atoms with Gasteiger partial charge in [0.15, 0.2) is 0 Å². The Kier molecular flexibility index (Phi) is 9.28. The van der Waals surface area contributed by atoms with Crippen LogP contribution in [0.5, 0.6) is 5.75 Å². The third-order valence-electron chi connectivity index (χ3n) is 5.18. The van der Waals surface area contributed by atoms with E-state index in [0.717, 1.165) is 21.7 Å². The van der Waals surface area contributed by atoms with Crippen LogP contribution < -0.4 is 14.4 Å². The van der Waals surface area contributed by atoms with E-state index in [-0.39, 0.29) is 12.5 Å². The van der Waals surface area contributed by atoms with Crippen LogP contribution in [0.1, 0.15) is 31.4 Å². The van der Waals surface area contributed by atoms with E-state index in [2.05, 4.69) is 5.32 Å². The second kappa shape index (κ2) is 11.7. The quantitative estimate of drug-likeness (QED) is 0.539. The lowest BCUT2D eigenvalue weighted by Gasteiger charge is -2.32. The van der Waals surface area contributed by atoms with Gasteiger partial charge in [0.2, 0.25) is 21.8 Å². The molecule has 0 aliphatic carbocycles. The minimum atomic E-state index is -3.77. The lowest BCUT2D eigenvalue weighted by molar-refractivity contribution is -0.140. The highest BCUT2D eigenvalue weighted by Gasteiger charge is 2.31. The molecule has 2 amide bonds. The summed E-state index contributed by atoms with van der Waals surface area (Å²) in [6.07, 6.45) is 1.44. The van der Waals surface area contributed by atoms with Crippen molar-refractivity contribution in [1.82, 2.24) is 10.2 Å². The smallest absolute Gasteiger partial charge is 0.244 e. The monoisotopic (exact) mass is 475 g/mol. The van der Waals surface area contributed by atoms with E-state index in [1.807, 2.05) is 45.0 Å². The minimum absolute atomic E-state index is 0.188. The molecular formula is C24H33N3O5S. The van der Waals surface area contributed by atoms with Crippen molar-refractivity contribution >= 4 is 27.5 Å².